The van der Waals surface area contributed by atoms with Crippen molar-refractivity contribution in [3.05, 3.63) is 28.8 Å². The van der Waals surface area contributed by atoms with Gasteiger partial charge < -0.3 is 9.47 Å². The Bertz CT molecular complexity index is 429. The van der Waals surface area contributed by atoms with Crippen LogP contribution < -0.4 is 4.74 Å². The number of hydrogen-bond donors (Lipinski definition) is 0. The minimum atomic E-state index is -0.210. The Morgan fingerprint density at radius 1 is 0.952 bits per heavy atom. The van der Waals surface area contributed by atoms with Gasteiger partial charge in [-0.05, 0) is 35.4 Å². The van der Waals surface area contributed by atoms with E-state index in [0.29, 0.717) is 6.61 Å². The molecule has 21 heavy (non-hydrogen) atoms. The van der Waals surface area contributed by atoms with Gasteiger partial charge in [-0.25, -0.2) is 5.11 Å². The van der Waals surface area contributed by atoms with Crippen molar-refractivity contribution >= 4 is 0 Å². The molecule has 0 N–H and O–H groups in total. The van der Waals surface area contributed by atoms with Gasteiger partial charge in [0.1, 0.15) is 12.4 Å². The fourth-order valence-corrected chi connectivity index (χ4v) is 2.23. The summed E-state index contributed by atoms with van der Waals surface area (Å²) in [7, 11) is 0. The summed E-state index contributed by atoms with van der Waals surface area (Å²) < 4.78 is 11.3. The van der Waals surface area contributed by atoms with Gasteiger partial charge in [-0.3, -0.25) is 0 Å². The van der Waals surface area contributed by atoms with Crippen LogP contribution in [0, 0.1) is 0 Å². The predicted octanol–water partition coefficient (Wildman–Crippen LogP) is 4.58. The molecule has 0 aromatic heterocycles. The first-order chi connectivity index (χ1) is 9.61. The summed E-state index contributed by atoms with van der Waals surface area (Å²) >= 11 is 0. The predicted molar refractivity (Wildman–Crippen MR) is 85.4 cm³/mol. The summed E-state index contributed by atoms with van der Waals surface area (Å²) in [6.45, 7) is 15.4. The maximum Gasteiger partial charge on any atom is 0.189 e. The lowest BCUT2D eigenvalue weighted by molar-refractivity contribution is 0.0202. The maximum atomic E-state index is 11.4. The van der Waals surface area contributed by atoms with Crippen LogP contribution in [0.25, 0.3) is 0 Å². The zero-order valence-corrected chi connectivity index (χ0v) is 14.5. The highest BCUT2D eigenvalue weighted by Gasteiger charge is 2.27. The smallest absolute Gasteiger partial charge is 0.189 e. The molecule has 0 aliphatic carbocycles. The second-order valence-electron chi connectivity index (χ2n) is 7.42. The highest BCUT2D eigenvalue weighted by Crippen LogP contribution is 2.40. The highest BCUT2D eigenvalue weighted by atomic mass is 16.7. The van der Waals surface area contributed by atoms with E-state index in [1.165, 1.54) is 0 Å². The van der Waals surface area contributed by atoms with Crippen molar-refractivity contribution in [1.29, 1.82) is 0 Å². The molecule has 0 atom stereocenters. The van der Waals surface area contributed by atoms with E-state index in [1.54, 1.807) is 0 Å². The highest BCUT2D eigenvalue weighted by molar-refractivity contribution is 5.50. The van der Waals surface area contributed by atoms with E-state index in [-0.39, 0.29) is 24.2 Å². The van der Waals surface area contributed by atoms with Crippen LogP contribution in [0.15, 0.2) is 12.1 Å². The molecule has 0 unspecified atom stereocenters. The van der Waals surface area contributed by atoms with Crippen molar-refractivity contribution in [3.63, 3.8) is 0 Å². The van der Waals surface area contributed by atoms with Crippen LogP contribution in [0.5, 0.6) is 5.75 Å². The van der Waals surface area contributed by atoms with Crippen LogP contribution in [0.2, 0.25) is 0 Å². The average Bonchev–Trinajstić information content (AvgIpc) is 2.36. The van der Waals surface area contributed by atoms with E-state index in [9.17, 15) is 5.11 Å². The third-order valence-corrected chi connectivity index (χ3v) is 3.42. The van der Waals surface area contributed by atoms with Crippen LogP contribution >= 0.6 is 0 Å². The third kappa shape index (κ3) is 4.72. The van der Waals surface area contributed by atoms with E-state index in [1.807, 2.05) is 19.1 Å². The lowest BCUT2D eigenvalue weighted by Crippen LogP contribution is -2.21. The molecule has 0 aliphatic heterocycles. The molecular weight excluding hydrogens is 264 g/mol. The van der Waals surface area contributed by atoms with Crippen LogP contribution in [0.1, 0.15) is 65.2 Å². The van der Waals surface area contributed by atoms with Gasteiger partial charge in [-0.1, -0.05) is 41.5 Å². The molecule has 0 spiro atoms. The van der Waals surface area contributed by atoms with Gasteiger partial charge in [0, 0.05) is 17.7 Å². The Kier molecular flexibility index (Phi) is 5.83. The van der Waals surface area contributed by atoms with Gasteiger partial charge in [-0.2, -0.15) is 0 Å². The van der Waals surface area contributed by atoms with E-state index in [2.05, 4.69) is 41.5 Å². The van der Waals surface area contributed by atoms with Gasteiger partial charge in [0.15, 0.2) is 6.79 Å². The Morgan fingerprint density at radius 3 is 1.76 bits per heavy atom. The Balaban J connectivity index is 3.44. The maximum absolute atomic E-state index is 11.4. The van der Waals surface area contributed by atoms with E-state index in [4.69, 9.17) is 9.47 Å². The molecule has 0 saturated heterocycles. The first kappa shape index (κ1) is 18.0. The van der Waals surface area contributed by atoms with Crippen molar-refractivity contribution in [2.75, 3.05) is 13.4 Å². The van der Waals surface area contributed by atoms with Crippen LogP contribution in [-0.2, 0) is 27.3 Å². The topological polar surface area (TPSA) is 38.4 Å². The van der Waals surface area contributed by atoms with Crippen molar-refractivity contribution in [2.45, 2.75) is 65.9 Å². The van der Waals surface area contributed by atoms with Crippen molar-refractivity contribution in [3.8, 4) is 5.75 Å². The quantitative estimate of drug-likeness (QED) is 0.588. The summed E-state index contributed by atoms with van der Waals surface area (Å²) in [5.74, 6) is 0.862. The van der Waals surface area contributed by atoms with Gasteiger partial charge in [0.2, 0.25) is 0 Å². The molecule has 0 amide bonds. The zero-order valence-electron chi connectivity index (χ0n) is 14.5. The lowest BCUT2D eigenvalue weighted by atomic mass is 9.78. The summed E-state index contributed by atoms with van der Waals surface area (Å²) in [5.41, 5.74) is 2.77. The lowest BCUT2D eigenvalue weighted by Gasteiger charge is -2.30. The molecule has 3 nitrogen and oxygen atoms in total. The van der Waals surface area contributed by atoms with Crippen LogP contribution in [-0.4, -0.2) is 13.4 Å². The van der Waals surface area contributed by atoms with Gasteiger partial charge >= 0.3 is 0 Å². The Labute approximate surface area is 129 Å². The third-order valence-electron chi connectivity index (χ3n) is 3.42. The fourth-order valence-electron chi connectivity index (χ4n) is 2.23. The van der Waals surface area contributed by atoms with Crippen LogP contribution in [0.3, 0.4) is 0 Å². The van der Waals surface area contributed by atoms with Crippen molar-refractivity contribution in [2.24, 2.45) is 0 Å². The van der Waals surface area contributed by atoms with Gasteiger partial charge in [0.05, 0.1) is 0 Å². The molecule has 1 aromatic carbocycles. The molecule has 1 rings (SSSR count). The molecule has 0 fully saturated rings. The Hall–Kier alpha value is -1.06. The number of benzene rings is 1. The monoisotopic (exact) mass is 293 g/mol. The molecule has 1 radical (unpaired) electrons. The molecule has 0 bridgehead atoms. The van der Waals surface area contributed by atoms with E-state index >= 15 is 0 Å². The van der Waals surface area contributed by atoms with E-state index < -0.39 is 0 Å². The van der Waals surface area contributed by atoms with Gasteiger partial charge in [-0.15, -0.1) is 0 Å². The normalized spacial score (nSPS) is 12.6. The molecular formula is C18H29O3. The largest absolute Gasteiger partial charge is 0.467 e. The first-order valence-electron chi connectivity index (χ1n) is 7.57. The molecule has 0 saturated carbocycles. The molecule has 1 aromatic rings. The molecule has 3 heteroatoms. The standard InChI is InChI=1S/C18H29O3/c1-8-20-12-21-16-14(17(2,3)4)9-13(11-19)10-15(16)18(5,6)7/h9-10H,8,11-12H2,1-7H3. The second-order valence-corrected chi connectivity index (χ2v) is 7.42. The fraction of sp³-hybridized carbons (Fsp3) is 0.667. The second kappa shape index (κ2) is 6.80. The number of ether oxygens (including phenoxy) is 2. The summed E-state index contributed by atoms with van der Waals surface area (Å²) in [6, 6.07) is 3.95. The summed E-state index contributed by atoms with van der Waals surface area (Å²) in [4.78, 5) is 0. The number of rotatable bonds is 5. The minimum absolute atomic E-state index is 0.0905. The SMILES string of the molecule is CCOCOc1c(C(C)(C)C)cc(C[O])cc1C(C)(C)C. The average molecular weight is 293 g/mol. The summed E-state index contributed by atoms with van der Waals surface area (Å²) in [5, 5.41) is 11.4. The van der Waals surface area contributed by atoms with Crippen molar-refractivity contribution < 1.29 is 14.6 Å². The minimum Gasteiger partial charge on any atom is -0.467 e. The van der Waals surface area contributed by atoms with Crippen LogP contribution in [0.4, 0.5) is 0 Å². The number of hydrogen-bond acceptors (Lipinski definition) is 2. The molecule has 0 heterocycles. The first-order valence-corrected chi connectivity index (χ1v) is 7.57. The van der Waals surface area contributed by atoms with Gasteiger partial charge in [0.25, 0.3) is 0 Å². The zero-order chi connectivity index (χ0) is 16.3. The summed E-state index contributed by atoms with van der Waals surface area (Å²) in [6.07, 6.45) is 0. The van der Waals surface area contributed by atoms with E-state index in [0.717, 1.165) is 22.4 Å². The van der Waals surface area contributed by atoms with Crippen molar-refractivity contribution in [1.82, 2.24) is 0 Å². The Morgan fingerprint density at radius 2 is 1.43 bits per heavy atom. The molecule has 119 valence electrons. The molecule has 0 aliphatic rings.